The van der Waals surface area contributed by atoms with Gasteiger partial charge in [-0.1, -0.05) is 71.6 Å². The Morgan fingerprint density at radius 1 is 1.11 bits per heavy atom. The van der Waals surface area contributed by atoms with Gasteiger partial charge in [-0.3, -0.25) is 4.90 Å². The Labute approximate surface area is 181 Å². The van der Waals surface area contributed by atoms with Gasteiger partial charge in [0.05, 0.1) is 18.8 Å². The van der Waals surface area contributed by atoms with Gasteiger partial charge in [0.2, 0.25) is 0 Å². The molecule has 2 aromatic carbocycles. The van der Waals surface area contributed by atoms with Crippen molar-refractivity contribution in [2.24, 2.45) is 0 Å². The summed E-state index contributed by atoms with van der Waals surface area (Å²) in [6.07, 6.45) is 2.74. The highest BCUT2D eigenvalue weighted by Crippen LogP contribution is 2.42. The van der Waals surface area contributed by atoms with E-state index in [2.05, 4.69) is 39.9 Å². The third-order valence-electron chi connectivity index (χ3n) is 5.65. The van der Waals surface area contributed by atoms with Gasteiger partial charge in [-0.25, -0.2) is 0 Å². The summed E-state index contributed by atoms with van der Waals surface area (Å²) in [5.74, 6) is -0.0457. The Bertz CT molecular complexity index is 731. The predicted octanol–water partition coefficient (Wildman–Crippen LogP) is 5.60. The van der Waals surface area contributed by atoms with Crippen LogP contribution in [0, 0.1) is 0 Å². The minimum atomic E-state index is -0.942. The average molecular weight is 467 g/mol. The van der Waals surface area contributed by atoms with Crippen LogP contribution >= 0.6 is 27.5 Å². The lowest BCUT2D eigenvalue weighted by atomic mass is 9.74. The third-order valence-corrected chi connectivity index (χ3v) is 6.43. The van der Waals surface area contributed by atoms with Gasteiger partial charge in [-0.2, -0.15) is 0 Å². The Morgan fingerprint density at radius 2 is 1.75 bits per heavy atom. The Balaban J connectivity index is 2.00. The monoisotopic (exact) mass is 465 g/mol. The summed E-state index contributed by atoms with van der Waals surface area (Å²) in [7, 11) is 0. The number of aliphatic hydroxyl groups is 1. The van der Waals surface area contributed by atoms with Gasteiger partial charge >= 0.3 is 0 Å². The first-order valence-corrected chi connectivity index (χ1v) is 11.2. The van der Waals surface area contributed by atoms with Crippen LogP contribution in [-0.2, 0) is 10.3 Å². The molecule has 0 amide bonds. The van der Waals surface area contributed by atoms with Crippen LogP contribution in [0.1, 0.15) is 43.2 Å². The molecule has 152 valence electrons. The van der Waals surface area contributed by atoms with E-state index in [4.69, 9.17) is 16.3 Å². The minimum Gasteiger partial charge on any atom is -0.384 e. The van der Waals surface area contributed by atoms with E-state index in [1.54, 1.807) is 0 Å². The molecule has 1 aliphatic rings. The Kier molecular flexibility index (Phi) is 7.95. The number of unbranched alkanes of at least 4 members (excludes halogenated alkanes) is 1. The van der Waals surface area contributed by atoms with Crippen LogP contribution in [0.3, 0.4) is 0 Å². The predicted molar refractivity (Wildman–Crippen MR) is 119 cm³/mol. The van der Waals surface area contributed by atoms with Crippen molar-refractivity contribution in [1.82, 2.24) is 4.90 Å². The number of morpholine rings is 1. The van der Waals surface area contributed by atoms with E-state index < -0.39 is 5.60 Å². The van der Waals surface area contributed by atoms with Crippen LogP contribution in [0.5, 0.6) is 0 Å². The maximum atomic E-state index is 12.1. The highest BCUT2D eigenvalue weighted by molar-refractivity contribution is 9.10. The highest BCUT2D eigenvalue weighted by atomic mass is 79.9. The molecule has 2 aromatic rings. The molecule has 3 rings (SSSR count). The first-order valence-electron chi connectivity index (χ1n) is 10.1. The zero-order valence-corrected chi connectivity index (χ0v) is 18.8. The molecule has 3 nitrogen and oxygen atoms in total. The molecular weight excluding hydrogens is 438 g/mol. The first kappa shape index (κ1) is 21.8. The molecule has 0 bridgehead atoms. The molecule has 28 heavy (non-hydrogen) atoms. The number of ether oxygens (including phenoxy) is 1. The number of hydrogen-bond donors (Lipinski definition) is 1. The van der Waals surface area contributed by atoms with Crippen molar-refractivity contribution in [3.05, 3.63) is 69.2 Å². The van der Waals surface area contributed by atoms with E-state index in [0.29, 0.717) is 0 Å². The number of halogens is 2. The van der Waals surface area contributed by atoms with Crippen LogP contribution in [0.25, 0.3) is 0 Å². The molecule has 0 spiro atoms. The summed E-state index contributed by atoms with van der Waals surface area (Å²) in [4.78, 5) is 2.40. The molecule has 2 atom stereocenters. The van der Waals surface area contributed by atoms with E-state index in [9.17, 15) is 5.11 Å². The molecule has 0 aliphatic carbocycles. The van der Waals surface area contributed by atoms with E-state index in [-0.39, 0.29) is 5.92 Å². The second kappa shape index (κ2) is 10.2. The summed E-state index contributed by atoms with van der Waals surface area (Å²) in [5, 5.41) is 12.8. The minimum absolute atomic E-state index is 0.0457. The van der Waals surface area contributed by atoms with Gasteiger partial charge in [0.1, 0.15) is 0 Å². The van der Waals surface area contributed by atoms with Gasteiger partial charge in [-0.15, -0.1) is 0 Å². The zero-order chi connectivity index (χ0) is 20.0. The molecule has 0 saturated carbocycles. The van der Waals surface area contributed by atoms with Gasteiger partial charge in [0.25, 0.3) is 0 Å². The van der Waals surface area contributed by atoms with Crippen molar-refractivity contribution >= 4 is 27.5 Å². The normalized spacial score (nSPS) is 18.6. The van der Waals surface area contributed by atoms with E-state index in [0.717, 1.165) is 72.7 Å². The fourth-order valence-electron chi connectivity index (χ4n) is 3.97. The fraction of sp³-hybridized carbons (Fsp3) is 0.478. The van der Waals surface area contributed by atoms with Crippen molar-refractivity contribution < 1.29 is 9.84 Å². The second-order valence-electron chi connectivity index (χ2n) is 7.55. The molecule has 1 N–H and O–H groups in total. The lowest BCUT2D eigenvalue weighted by Gasteiger charge is -2.41. The number of nitrogens with zero attached hydrogens (tertiary/aromatic N) is 1. The van der Waals surface area contributed by atoms with Gasteiger partial charge in [-0.05, 0) is 41.8 Å². The van der Waals surface area contributed by atoms with Crippen LogP contribution in [0.2, 0.25) is 5.02 Å². The summed E-state index contributed by atoms with van der Waals surface area (Å²) in [6.45, 7) is 6.25. The molecule has 0 unspecified atom stereocenters. The molecule has 5 heteroatoms. The van der Waals surface area contributed by atoms with E-state index in [1.807, 2.05) is 36.4 Å². The topological polar surface area (TPSA) is 32.7 Å². The molecule has 1 aliphatic heterocycles. The van der Waals surface area contributed by atoms with Gasteiger partial charge in [0.15, 0.2) is 0 Å². The quantitative estimate of drug-likeness (QED) is 0.550. The van der Waals surface area contributed by atoms with E-state index >= 15 is 0 Å². The van der Waals surface area contributed by atoms with Crippen LogP contribution in [0.15, 0.2) is 53.0 Å². The Morgan fingerprint density at radius 3 is 2.36 bits per heavy atom. The molecule has 1 heterocycles. The van der Waals surface area contributed by atoms with Gasteiger partial charge < -0.3 is 9.84 Å². The summed E-state index contributed by atoms with van der Waals surface area (Å²) < 4.78 is 6.54. The zero-order valence-electron chi connectivity index (χ0n) is 16.4. The summed E-state index contributed by atoms with van der Waals surface area (Å²) >= 11 is 9.66. The lowest BCUT2D eigenvalue weighted by Crippen LogP contribution is -2.45. The SMILES string of the molecule is CCCC[C@@](O)(c1ccc(Br)cc1)[C@@H](CN1CCOCC1)c1ccc(Cl)cc1. The summed E-state index contributed by atoms with van der Waals surface area (Å²) in [6, 6.07) is 16.1. The maximum Gasteiger partial charge on any atom is 0.0977 e. The highest BCUT2D eigenvalue weighted by Gasteiger charge is 2.40. The van der Waals surface area contributed by atoms with Crippen molar-refractivity contribution in [2.45, 2.75) is 37.7 Å². The van der Waals surface area contributed by atoms with Crippen LogP contribution in [-0.4, -0.2) is 42.9 Å². The number of hydrogen-bond acceptors (Lipinski definition) is 3. The molecule has 0 radical (unpaired) electrons. The molecule has 1 saturated heterocycles. The third kappa shape index (κ3) is 5.37. The van der Waals surface area contributed by atoms with Gasteiger partial charge in [0, 0.05) is 35.0 Å². The van der Waals surface area contributed by atoms with Crippen molar-refractivity contribution in [3.8, 4) is 0 Å². The molecule has 1 fully saturated rings. The van der Waals surface area contributed by atoms with Crippen molar-refractivity contribution in [3.63, 3.8) is 0 Å². The van der Waals surface area contributed by atoms with Crippen LogP contribution in [0.4, 0.5) is 0 Å². The average Bonchev–Trinajstić information content (AvgIpc) is 2.72. The van der Waals surface area contributed by atoms with Crippen molar-refractivity contribution in [2.75, 3.05) is 32.8 Å². The molecular formula is C23H29BrClNO2. The fourth-order valence-corrected chi connectivity index (χ4v) is 4.36. The summed E-state index contributed by atoms with van der Waals surface area (Å²) in [5.41, 5.74) is 1.15. The van der Waals surface area contributed by atoms with Crippen molar-refractivity contribution in [1.29, 1.82) is 0 Å². The van der Waals surface area contributed by atoms with E-state index in [1.165, 1.54) is 0 Å². The first-order chi connectivity index (χ1) is 13.5. The maximum absolute atomic E-state index is 12.1. The Hall–Kier alpha value is -0.910. The second-order valence-corrected chi connectivity index (χ2v) is 8.90. The standard InChI is InChI=1S/C23H29BrClNO2/c1-2-3-12-23(27,19-6-8-20(24)9-7-19)22(17-26-13-15-28-16-14-26)18-4-10-21(25)11-5-18/h4-11,22,27H,2-3,12-17H2,1H3/t22-,23+/m0/s1. The molecule has 0 aromatic heterocycles. The largest absolute Gasteiger partial charge is 0.384 e. The number of rotatable bonds is 8. The smallest absolute Gasteiger partial charge is 0.0977 e. The number of benzene rings is 2. The van der Waals surface area contributed by atoms with Crippen LogP contribution < -0.4 is 0 Å². The lowest BCUT2D eigenvalue weighted by molar-refractivity contribution is -0.0293.